The van der Waals surface area contributed by atoms with Gasteiger partial charge in [-0.15, -0.1) is 0 Å². The third-order valence-electron chi connectivity index (χ3n) is 2.04. The minimum atomic E-state index is -0.0552. The van der Waals surface area contributed by atoms with Gasteiger partial charge in [0, 0.05) is 19.2 Å². The lowest BCUT2D eigenvalue weighted by Gasteiger charge is -2.21. The van der Waals surface area contributed by atoms with Gasteiger partial charge in [0.05, 0.1) is 12.2 Å². The Labute approximate surface area is 87.8 Å². The average molecular weight is 203 g/mol. The molecule has 0 aliphatic heterocycles. The minimum absolute atomic E-state index is 0.0552. The van der Waals surface area contributed by atoms with Crippen molar-refractivity contribution in [3.63, 3.8) is 0 Å². The second-order valence-electron chi connectivity index (χ2n) is 4.53. The second-order valence-corrected chi connectivity index (χ2v) is 4.53. The fourth-order valence-corrected chi connectivity index (χ4v) is 1.23. The molecule has 86 valence electrons. The second kappa shape index (κ2) is 7.21. The molecular formula is C11H25NO2. The summed E-state index contributed by atoms with van der Waals surface area (Å²) in [7, 11) is 0. The predicted molar refractivity (Wildman–Crippen MR) is 59.5 cm³/mol. The highest BCUT2D eigenvalue weighted by atomic mass is 16.5. The number of ether oxygens (including phenoxy) is 1. The standard InChI is InChI=1S/C11H25NO2/c1-5-10(6-8-13)12-7-9-14-11(2,3)4/h10,12-13H,5-9H2,1-4H3. The summed E-state index contributed by atoms with van der Waals surface area (Å²) in [4.78, 5) is 0. The molecule has 2 N–H and O–H groups in total. The van der Waals surface area contributed by atoms with E-state index in [4.69, 9.17) is 9.84 Å². The van der Waals surface area contributed by atoms with E-state index in [9.17, 15) is 0 Å². The number of hydrogen-bond acceptors (Lipinski definition) is 3. The van der Waals surface area contributed by atoms with Crippen molar-refractivity contribution in [2.24, 2.45) is 0 Å². The third kappa shape index (κ3) is 8.48. The molecule has 0 heterocycles. The van der Waals surface area contributed by atoms with Gasteiger partial charge in [-0.1, -0.05) is 6.92 Å². The first-order chi connectivity index (χ1) is 6.49. The van der Waals surface area contributed by atoms with Crippen LogP contribution < -0.4 is 5.32 Å². The highest BCUT2D eigenvalue weighted by molar-refractivity contribution is 4.65. The zero-order chi connectivity index (χ0) is 11.0. The lowest BCUT2D eigenvalue weighted by molar-refractivity contribution is -0.00188. The van der Waals surface area contributed by atoms with Gasteiger partial charge >= 0.3 is 0 Å². The smallest absolute Gasteiger partial charge is 0.0599 e. The Hall–Kier alpha value is -0.120. The van der Waals surface area contributed by atoms with Crippen molar-refractivity contribution in [2.75, 3.05) is 19.8 Å². The van der Waals surface area contributed by atoms with E-state index in [2.05, 4.69) is 33.0 Å². The highest BCUT2D eigenvalue weighted by Crippen LogP contribution is 2.05. The summed E-state index contributed by atoms with van der Waals surface area (Å²) in [5.74, 6) is 0. The van der Waals surface area contributed by atoms with Gasteiger partial charge in [-0.05, 0) is 33.6 Å². The molecule has 0 saturated heterocycles. The Kier molecular flexibility index (Phi) is 7.15. The van der Waals surface area contributed by atoms with E-state index < -0.39 is 0 Å². The molecule has 0 aromatic heterocycles. The van der Waals surface area contributed by atoms with Crippen LogP contribution in [0.5, 0.6) is 0 Å². The molecule has 1 atom stereocenters. The normalized spacial score (nSPS) is 14.4. The molecule has 1 unspecified atom stereocenters. The van der Waals surface area contributed by atoms with E-state index in [0.29, 0.717) is 6.04 Å². The summed E-state index contributed by atoms with van der Waals surface area (Å²) in [5.41, 5.74) is -0.0552. The van der Waals surface area contributed by atoms with Crippen molar-refractivity contribution >= 4 is 0 Å². The van der Waals surface area contributed by atoms with Crippen LogP contribution in [0.15, 0.2) is 0 Å². The zero-order valence-electron chi connectivity index (χ0n) is 9.97. The summed E-state index contributed by atoms with van der Waals surface area (Å²) in [6.45, 7) is 10.1. The number of hydrogen-bond donors (Lipinski definition) is 2. The molecule has 0 saturated carbocycles. The maximum absolute atomic E-state index is 8.78. The van der Waals surface area contributed by atoms with Gasteiger partial charge in [-0.3, -0.25) is 0 Å². The molecule has 0 aliphatic rings. The molecule has 3 heteroatoms. The van der Waals surface area contributed by atoms with Gasteiger partial charge in [-0.2, -0.15) is 0 Å². The van der Waals surface area contributed by atoms with Crippen molar-refractivity contribution in [3.05, 3.63) is 0 Å². The summed E-state index contributed by atoms with van der Waals surface area (Å²) < 4.78 is 5.58. The van der Waals surface area contributed by atoms with Gasteiger partial charge in [0.2, 0.25) is 0 Å². The lowest BCUT2D eigenvalue weighted by atomic mass is 10.1. The van der Waals surface area contributed by atoms with Crippen LogP contribution in [0.25, 0.3) is 0 Å². The van der Waals surface area contributed by atoms with Crippen LogP contribution in [0.4, 0.5) is 0 Å². The molecule has 0 amide bonds. The summed E-state index contributed by atoms with van der Waals surface area (Å²) in [5, 5.41) is 12.1. The number of rotatable bonds is 7. The Morgan fingerprint density at radius 3 is 2.43 bits per heavy atom. The Morgan fingerprint density at radius 1 is 1.36 bits per heavy atom. The van der Waals surface area contributed by atoms with Crippen LogP contribution in [0, 0.1) is 0 Å². The molecule has 0 aromatic rings. The molecule has 0 fully saturated rings. The van der Waals surface area contributed by atoms with Gasteiger partial charge in [0.1, 0.15) is 0 Å². The van der Waals surface area contributed by atoms with Crippen LogP contribution in [0.2, 0.25) is 0 Å². The molecule has 3 nitrogen and oxygen atoms in total. The molecule has 0 aliphatic carbocycles. The van der Waals surface area contributed by atoms with E-state index >= 15 is 0 Å². The molecule has 0 radical (unpaired) electrons. The van der Waals surface area contributed by atoms with Gasteiger partial charge in [0.15, 0.2) is 0 Å². The maximum atomic E-state index is 8.78. The topological polar surface area (TPSA) is 41.5 Å². The van der Waals surface area contributed by atoms with Crippen LogP contribution in [-0.4, -0.2) is 36.5 Å². The summed E-state index contributed by atoms with van der Waals surface area (Å²) in [6, 6.07) is 0.420. The van der Waals surface area contributed by atoms with Crippen LogP contribution in [0.1, 0.15) is 40.5 Å². The van der Waals surface area contributed by atoms with Gasteiger partial charge in [0.25, 0.3) is 0 Å². The molecule has 0 aromatic carbocycles. The predicted octanol–water partition coefficient (Wildman–Crippen LogP) is 1.55. The summed E-state index contributed by atoms with van der Waals surface area (Å²) >= 11 is 0. The van der Waals surface area contributed by atoms with Gasteiger partial charge in [-0.25, -0.2) is 0 Å². The van der Waals surface area contributed by atoms with Crippen molar-refractivity contribution in [1.82, 2.24) is 5.32 Å². The Morgan fingerprint density at radius 2 is 2.00 bits per heavy atom. The van der Waals surface area contributed by atoms with E-state index in [1.165, 1.54) is 0 Å². The first-order valence-corrected chi connectivity index (χ1v) is 5.47. The van der Waals surface area contributed by atoms with Crippen LogP contribution >= 0.6 is 0 Å². The minimum Gasteiger partial charge on any atom is -0.396 e. The van der Waals surface area contributed by atoms with Crippen molar-refractivity contribution in [2.45, 2.75) is 52.2 Å². The quantitative estimate of drug-likeness (QED) is 0.617. The van der Waals surface area contributed by atoms with E-state index in [1.54, 1.807) is 0 Å². The first kappa shape index (κ1) is 13.9. The largest absolute Gasteiger partial charge is 0.396 e. The lowest BCUT2D eigenvalue weighted by Crippen LogP contribution is -2.34. The zero-order valence-corrected chi connectivity index (χ0v) is 9.97. The van der Waals surface area contributed by atoms with Crippen LogP contribution in [-0.2, 0) is 4.74 Å². The van der Waals surface area contributed by atoms with Crippen molar-refractivity contribution in [3.8, 4) is 0 Å². The fourth-order valence-electron chi connectivity index (χ4n) is 1.23. The monoisotopic (exact) mass is 203 g/mol. The maximum Gasteiger partial charge on any atom is 0.0599 e. The fraction of sp³-hybridized carbons (Fsp3) is 1.00. The van der Waals surface area contributed by atoms with Crippen molar-refractivity contribution < 1.29 is 9.84 Å². The van der Waals surface area contributed by atoms with E-state index in [1.807, 2.05) is 0 Å². The average Bonchev–Trinajstić information content (AvgIpc) is 2.08. The van der Waals surface area contributed by atoms with Gasteiger partial charge < -0.3 is 15.2 Å². The van der Waals surface area contributed by atoms with Crippen molar-refractivity contribution in [1.29, 1.82) is 0 Å². The van der Waals surface area contributed by atoms with E-state index in [0.717, 1.165) is 26.0 Å². The SMILES string of the molecule is CCC(CCO)NCCOC(C)(C)C. The molecule has 0 bridgehead atoms. The number of aliphatic hydroxyl groups is 1. The molecule has 0 spiro atoms. The highest BCUT2D eigenvalue weighted by Gasteiger charge is 2.10. The molecular weight excluding hydrogens is 178 g/mol. The first-order valence-electron chi connectivity index (χ1n) is 5.47. The Balaban J connectivity index is 3.42. The molecule has 14 heavy (non-hydrogen) atoms. The third-order valence-corrected chi connectivity index (χ3v) is 2.04. The van der Waals surface area contributed by atoms with Crippen LogP contribution in [0.3, 0.4) is 0 Å². The Bertz CT molecular complexity index is 132. The molecule has 0 rings (SSSR count). The number of nitrogens with one attached hydrogen (secondary N) is 1. The number of aliphatic hydroxyl groups excluding tert-OH is 1. The summed E-state index contributed by atoms with van der Waals surface area (Å²) in [6.07, 6.45) is 1.88. The van der Waals surface area contributed by atoms with E-state index in [-0.39, 0.29) is 12.2 Å².